The van der Waals surface area contributed by atoms with Gasteiger partial charge in [0, 0.05) is 6.92 Å². The third-order valence-corrected chi connectivity index (χ3v) is 8.08. The maximum atomic E-state index is 13.3. The standard InChI is InChI=1S/C30H32FN3O/c1-22-33(21-23-12-15-27(31)16-13-23)18-19-34(22)28-17-14-26(20-28)30(29(32)35,24-8-4-2-5-9-24)25-10-6-3-7-11-25/h2-13,15-16,26,28H,14,17-21H2,1H3,(H-,32,35)/p+1/t26-,28+/m1/s1. The fourth-order valence-corrected chi connectivity index (χ4v) is 6.34. The SMILES string of the molecule is CC1=[N+](Cc2ccc(F)cc2)CCN1[C@H]1CC[C@@H](C(C(N)=O)(c2ccccc2)c2ccccc2)C1. The van der Waals surface area contributed by atoms with E-state index in [1.165, 1.54) is 18.0 Å². The monoisotopic (exact) mass is 470 g/mol. The third kappa shape index (κ3) is 4.24. The van der Waals surface area contributed by atoms with Crippen molar-refractivity contribution in [2.75, 3.05) is 13.1 Å². The second-order valence-electron chi connectivity index (χ2n) is 9.86. The lowest BCUT2D eigenvalue weighted by molar-refractivity contribution is -0.534. The molecule has 4 nitrogen and oxygen atoms in total. The van der Waals surface area contributed by atoms with Gasteiger partial charge in [-0.3, -0.25) is 14.3 Å². The smallest absolute Gasteiger partial charge is 0.244 e. The minimum atomic E-state index is -0.849. The molecule has 5 rings (SSSR count). The number of primary amides is 1. The third-order valence-electron chi connectivity index (χ3n) is 8.08. The fourth-order valence-electron chi connectivity index (χ4n) is 6.34. The van der Waals surface area contributed by atoms with Crippen LogP contribution in [0.5, 0.6) is 0 Å². The zero-order valence-electron chi connectivity index (χ0n) is 20.2. The van der Waals surface area contributed by atoms with Gasteiger partial charge in [-0.25, -0.2) is 4.39 Å². The summed E-state index contributed by atoms with van der Waals surface area (Å²) in [5.74, 6) is 0.891. The second kappa shape index (κ2) is 9.65. The zero-order valence-corrected chi connectivity index (χ0v) is 20.2. The second-order valence-corrected chi connectivity index (χ2v) is 9.86. The number of carbonyl (C=O) groups is 1. The summed E-state index contributed by atoms with van der Waals surface area (Å²) in [7, 11) is 0. The Morgan fingerprint density at radius 1 is 0.971 bits per heavy atom. The molecule has 0 bridgehead atoms. The highest BCUT2D eigenvalue weighted by Crippen LogP contribution is 2.48. The largest absolute Gasteiger partial charge is 0.369 e. The van der Waals surface area contributed by atoms with Crippen LogP contribution in [-0.4, -0.2) is 40.3 Å². The van der Waals surface area contributed by atoms with E-state index in [1.54, 1.807) is 0 Å². The molecule has 3 aromatic rings. The van der Waals surface area contributed by atoms with Gasteiger partial charge in [0.2, 0.25) is 11.7 Å². The summed E-state index contributed by atoms with van der Waals surface area (Å²) in [6.07, 6.45) is 2.88. The average molecular weight is 471 g/mol. The number of nitrogens with zero attached hydrogens (tertiary/aromatic N) is 2. The number of amides is 1. The molecular formula is C30H33FN3O+. The van der Waals surface area contributed by atoms with Gasteiger partial charge < -0.3 is 5.73 Å². The first-order chi connectivity index (χ1) is 17.0. The molecule has 3 aromatic carbocycles. The summed E-state index contributed by atoms with van der Waals surface area (Å²) >= 11 is 0. The van der Waals surface area contributed by atoms with Crippen LogP contribution in [0, 0.1) is 11.7 Å². The van der Waals surface area contributed by atoms with Crippen LogP contribution in [0.15, 0.2) is 84.9 Å². The number of benzene rings is 3. The number of halogens is 1. The van der Waals surface area contributed by atoms with Gasteiger partial charge in [0.15, 0.2) is 0 Å². The molecule has 0 saturated heterocycles. The topological polar surface area (TPSA) is 49.3 Å². The van der Waals surface area contributed by atoms with Crippen LogP contribution in [0.3, 0.4) is 0 Å². The molecule has 5 heteroatoms. The first-order valence-corrected chi connectivity index (χ1v) is 12.5. The van der Waals surface area contributed by atoms with Crippen molar-refractivity contribution in [3.8, 4) is 0 Å². The molecule has 1 aliphatic carbocycles. The summed E-state index contributed by atoms with van der Waals surface area (Å²) in [6.45, 7) is 4.87. The predicted octanol–water partition coefficient (Wildman–Crippen LogP) is 4.71. The quantitative estimate of drug-likeness (QED) is 0.509. The van der Waals surface area contributed by atoms with E-state index in [1.807, 2.05) is 72.8 Å². The average Bonchev–Trinajstić information content (AvgIpc) is 3.49. The lowest BCUT2D eigenvalue weighted by Gasteiger charge is -2.37. The minimum absolute atomic E-state index is 0.119. The molecule has 0 radical (unpaired) electrons. The first-order valence-electron chi connectivity index (χ1n) is 12.5. The molecule has 1 aliphatic heterocycles. The predicted molar refractivity (Wildman–Crippen MR) is 137 cm³/mol. The van der Waals surface area contributed by atoms with Gasteiger partial charge in [-0.2, -0.15) is 0 Å². The van der Waals surface area contributed by atoms with Crippen molar-refractivity contribution >= 4 is 11.7 Å². The Kier molecular flexibility index (Phi) is 6.42. The Balaban J connectivity index is 1.43. The van der Waals surface area contributed by atoms with E-state index in [0.717, 1.165) is 55.6 Å². The maximum Gasteiger partial charge on any atom is 0.244 e. The van der Waals surface area contributed by atoms with Crippen LogP contribution in [-0.2, 0) is 16.8 Å². The Morgan fingerprint density at radius 3 is 2.14 bits per heavy atom. The van der Waals surface area contributed by atoms with E-state index in [2.05, 4.69) is 16.4 Å². The van der Waals surface area contributed by atoms with Crippen LogP contribution >= 0.6 is 0 Å². The van der Waals surface area contributed by atoms with Crippen molar-refractivity contribution in [1.82, 2.24) is 4.90 Å². The maximum absolute atomic E-state index is 13.3. The molecule has 0 unspecified atom stereocenters. The van der Waals surface area contributed by atoms with Crippen molar-refractivity contribution in [3.05, 3.63) is 107 Å². The van der Waals surface area contributed by atoms with E-state index in [4.69, 9.17) is 5.73 Å². The highest BCUT2D eigenvalue weighted by atomic mass is 19.1. The van der Waals surface area contributed by atoms with Gasteiger partial charge in [0.25, 0.3) is 0 Å². The molecule has 0 aromatic heterocycles. The summed E-state index contributed by atoms with van der Waals surface area (Å²) in [4.78, 5) is 15.9. The number of hydrogen-bond acceptors (Lipinski definition) is 2. The highest BCUT2D eigenvalue weighted by molar-refractivity contribution is 5.91. The molecule has 2 aliphatic rings. The molecule has 1 fully saturated rings. The Labute approximate surface area is 206 Å². The van der Waals surface area contributed by atoms with Crippen molar-refractivity contribution < 1.29 is 13.8 Å². The van der Waals surface area contributed by atoms with Crippen molar-refractivity contribution in [2.45, 2.75) is 44.2 Å². The summed E-state index contributed by atoms with van der Waals surface area (Å²) in [5, 5.41) is 0. The molecule has 35 heavy (non-hydrogen) atoms. The Hall–Kier alpha value is -3.47. The minimum Gasteiger partial charge on any atom is -0.369 e. The fraction of sp³-hybridized carbons (Fsp3) is 0.333. The molecular weight excluding hydrogens is 437 g/mol. The lowest BCUT2D eigenvalue weighted by atomic mass is 9.64. The van der Waals surface area contributed by atoms with Crippen LogP contribution in [0.4, 0.5) is 4.39 Å². The van der Waals surface area contributed by atoms with Crippen molar-refractivity contribution in [3.63, 3.8) is 0 Å². The van der Waals surface area contributed by atoms with E-state index in [-0.39, 0.29) is 17.6 Å². The van der Waals surface area contributed by atoms with E-state index < -0.39 is 5.41 Å². The van der Waals surface area contributed by atoms with Gasteiger partial charge >= 0.3 is 0 Å². The van der Waals surface area contributed by atoms with Crippen molar-refractivity contribution in [1.29, 1.82) is 0 Å². The lowest BCUT2D eigenvalue weighted by Crippen LogP contribution is -2.48. The molecule has 1 heterocycles. The van der Waals surface area contributed by atoms with Gasteiger partial charge in [0.1, 0.15) is 30.9 Å². The molecule has 1 saturated carbocycles. The number of carbonyl (C=O) groups excluding carboxylic acids is 1. The van der Waals surface area contributed by atoms with Crippen molar-refractivity contribution in [2.24, 2.45) is 11.7 Å². The van der Waals surface area contributed by atoms with Gasteiger partial charge in [-0.05, 0) is 54.0 Å². The Bertz CT molecular complexity index is 1170. The van der Waals surface area contributed by atoms with Gasteiger partial charge in [0.05, 0.1) is 6.04 Å². The molecule has 180 valence electrons. The number of nitrogens with two attached hydrogens (primary N) is 1. The zero-order chi connectivity index (χ0) is 24.4. The Morgan fingerprint density at radius 2 is 1.57 bits per heavy atom. The molecule has 0 spiro atoms. The molecule has 1 amide bonds. The van der Waals surface area contributed by atoms with Crippen LogP contribution < -0.4 is 5.73 Å². The number of hydrogen-bond donors (Lipinski definition) is 1. The van der Waals surface area contributed by atoms with E-state index in [0.29, 0.717) is 6.04 Å². The number of amidine groups is 1. The van der Waals surface area contributed by atoms with E-state index >= 15 is 0 Å². The molecule has 2 N–H and O–H groups in total. The summed E-state index contributed by atoms with van der Waals surface area (Å²) in [6, 6.07) is 27.3. The first kappa shape index (κ1) is 23.3. The molecule has 2 atom stereocenters. The van der Waals surface area contributed by atoms with Crippen LogP contribution in [0.25, 0.3) is 0 Å². The summed E-state index contributed by atoms with van der Waals surface area (Å²) in [5.41, 5.74) is 8.48. The van der Waals surface area contributed by atoms with E-state index in [9.17, 15) is 9.18 Å². The normalized spacial score (nSPS) is 20.5. The number of rotatable bonds is 7. The summed E-state index contributed by atoms with van der Waals surface area (Å²) < 4.78 is 15.7. The van der Waals surface area contributed by atoms with Crippen LogP contribution in [0.1, 0.15) is 42.9 Å². The van der Waals surface area contributed by atoms with Gasteiger partial charge in [-0.1, -0.05) is 72.8 Å². The highest BCUT2D eigenvalue weighted by Gasteiger charge is 2.52. The van der Waals surface area contributed by atoms with Gasteiger partial charge in [-0.15, -0.1) is 0 Å². The van der Waals surface area contributed by atoms with Crippen LogP contribution in [0.2, 0.25) is 0 Å².